The van der Waals surface area contributed by atoms with Crippen LogP contribution in [0.5, 0.6) is 5.75 Å². The normalized spacial score (nSPS) is 12.2. The van der Waals surface area contributed by atoms with Gasteiger partial charge in [-0.15, -0.1) is 0 Å². The van der Waals surface area contributed by atoms with E-state index in [1.54, 1.807) is 13.3 Å². The van der Waals surface area contributed by atoms with E-state index >= 15 is 0 Å². The lowest BCUT2D eigenvalue weighted by molar-refractivity contribution is 0.413. The van der Waals surface area contributed by atoms with Gasteiger partial charge in [0.2, 0.25) is 0 Å². The number of rotatable bonds is 5. The maximum atomic E-state index is 5.45. The lowest BCUT2D eigenvalue weighted by atomic mass is 10.2. The maximum Gasteiger partial charge on any atom is 0.137 e. The molecular formula is C10H17N3O. The smallest absolute Gasteiger partial charge is 0.137 e. The number of nitrogens with two attached hydrogens (primary N) is 1. The zero-order valence-corrected chi connectivity index (χ0v) is 8.66. The molecule has 14 heavy (non-hydrogen) atoms. The first kappa shape index (κ1) is 10.8. The van der Waals surface area contributed by atoms with E-state index in [9.17, 15) is 0 Å². The molecule has 0 aliphatic rings. The predicted octanol–water partition coefficient (Wildman–Crippen LogP) is 1.24. The minimum Gasteiger partial charge on any atom is -0.495 e. The molecule has 4 heteroatoms. The quantitative estimate of drug-likeness (QED) is 0.742. The Balaban J connectivity index is 2.50. The Morgan fingerprint density at radius 2 is 2.36 bits per heavy atom. The lowest BCUT2D eigenvalue weighted by Gasteiger charge is -2.13. The third-order valence-electron chi connectivity index (χ3n) is 1.97. The van der Waals surface area contributed by atoms with Crippen LogP contribution in [-0.2, 0) is 0 Å². The van der Waals surface area contributed by atoms with Gasteiger partial charge < -0.3 is 15.8 Å². The van der Waals surface area contributed by atoms with Gasteiger partial charge in [-0.2, -0.15) is 0 Å². The van der Waals surface area contributed by atoms with E-state index in [1.807, 2.05) is 12.1 Å². The van der Waals surface area contributed by atoms with Gasteiger partial charge in [-0.1, -0.05) is 0 Å². The molecule has 0 aliphatic carbocycles. The topological polar surface area (TPSA) is 60.2 Å². The monoisotopic (exact) mass is 195 g/mol. The van der Waals surface area contributed by atoms with Crippen molar-refractivity contribution in [2.75, 3.05) is 19.0 Å². The van der Waals surface area contributed by atoms with Crippen LogP contribution in [0, 0.1) is 0 Å². The summed E-state index contributed by atoms with van der Waals surface area (Å²) in [5.74, 6) is 1.62. The second-order valence-electron chi connectivity index (χ2n) is 3.21. The number of pyridine rings is 1. The van der Waals surface area contributed by atoms with Crippen molar-refractivity contribution in [1.82, 2.24) is 4.98 Å². The van der Waals surface area contributed by atoms with Gasteiger partial charge in [0.05, 0.1) is 13.3 Å². The first-order valence-electron chi connectivity index (χ1n) is 4.73. The Morgan fingerprint density at radius 1 is 1.57 bits per heavy atom. The molecular weight excluding hydrogens is 178 g/mol. The van der Waals surface area contributed by atoms with Crippen LogP contribution in [0.4, 0.5) is 5.82 Å². The summed E-state index contributed by atoms with van der Waals surface area (Å²) in [6.45, 7) is 2.77. The summed E-state index contributed by atoms with van der Waals surface area (Å²) in [5.41, 5.74) is 5.45. The molecule has 1 aromatic heterocycles. The summed E-state index contributed by atoms with van der Waals surface area (Å²) in [7, 11) is 1.63. The highest BCUT2D eigenvalue weighted by atomic mass is 16.5. The van der Waals surface area contributed by atoms with Crippen molar-refractivity contribution >= 4 is 5.82 Å². The van der Waals surface area contributed by atoms with E-state index in [0.717, 1.165) is 18.0 Å². The number of aromatic nitrogens is 1. The second kappa shape index (κ2) is 5.44. The Labute approximate surface area is 84.5 Å². The van der Waals surface area contributed by atoms with Crippen molar-refractivity contribution in [3.8, 4) is 5.75 Å². The van der Waals surface area contributed by atoms with Crippen LogP contribution < -0.4 is 15.8 Å². The molecule has 1 heterocycles. The van der Waals surface area contributed by atoms with Gasteiger partial charge in [-0.3, -0.25) is 0 Å². The van der Waals surface area contributed by atoms with Crippen molar-refractivity contribution in [3.63, 3.8) is 0 Å². The number of methoxy groups -OCH3 is 1. The van der Waals surface area contributed by atoms with Gasteiger partial charge in [-0.25, -0.2) is 4.98 Å². The fourth-order valence-electron chi connectivity index (χ4n) is 1.16. The summed E-state index contributed by atoms with van der Waals surface area (Å²) in [4.78, 5) is 4.19. The predicted molar refractivity (Wildman–Crippen MR) is 57.5 cm³/mol. The fraction of sp³-hybridized carbons (Fsp3) is 0.500. The van der Waals surface area contributed by atoms with Crippen LogP contribution in [-0.4, -0.2) is 24.7 Å². The number of nitrogens with zero attached hydrogens (tertiary/aromatic N) is 1. The third-order valence-corrected chi connectivity index (χ3v) is 1.97. The molecule has 0 radical (unpaired) electrons. The van der Waals surface area contributed by atoms with Crippen LogP contribution in [0.1, 0.15) is 13.3 Å². The number of hydrogen-bond donors (Lipinski definition) is 2. The van der Waals surface area contributed by atoms with E-state index in [1.165, 1.54) is 0 Å². The molecule has 0 bridgehead atoms. The summed E-state index contributed by atoms with van der Waals surface area (Å²) >= 11 is 0. The minimum atomic E-state index is 0.348. The van der Waals surface area contributed by atoms with Gasteiger partial charge in [0, 0.05) is 6.04 Å². The summed E-state index contributed by atoms with van der Waals surface area (Å²) in [6, 6.07) is 4.12. The molecule has 0 spiro atoms. The first-order valence-corrected chi connectivity index (χ1v) is 4.73. The Hall–Kier alpha value is -1.29. The van der Waals surface area contributed by atoms with Crippen LogP contribution in [0.25, 0.3) is 0 Å². The molecule has 0 saturated carbocycles. The lowest BCUT2D eigenvalue weighted by Crippen LogP contribution is -2.19. The van der Waals surface area contributed by atoms with Crippen molar-refractivity contribution in [2.24, 2.45) is 5.73 Å². The molecule has 1 rings (SSSR count). The molecule has 0 fully saturated rings. The van der Waals surface area contributed by atoms with E-state index in [-0.39, 0.29) is 0 Å². The molecule has 0 aromatic carbocycles. The number of ether oxygens (including phenoxy) is 1. The Morgan fingerprint density at radius 3 is 2.86 bits per heavy atom. The van der Waals surface area contributed by atoms with E-state index in [2.05, 4.69) is 17.2 Å². The Kier molecular flexibility index (Phi) is 4.19. The van der Waals surface area contributed by atoms with E-state index in [4.69, 9.17) is 10.5 Å². The fourth-order valence-corrected chi connectivity index (χ4v) is 1.16. The molecule has 0 amide bonds. The molecule has 3 N–H and O–H groups in total. The highest BCUT2D eigenvalue weighted by Gasteiger charge is 2.01. The average molecular weight is 195 g/mol. The number of anilines is 1. The van der Waals surface area contributed by atoms with Crippen molar-refractivity contribution in [1.29, 1.82) is 0 Å². The van der Waals surface area contributed by atoms with Crippen LogP contribution in [0.3, 0.4) is 0 Å². The van der Waals surface area contributed by atoms with Crippen molar-refractivity contribution in [3.05, 3.63) is 18.3 Å². The van der Waals surface area contributed by atoms with Gasteiger partial charge in [0.25, 0.3) is 0 Å². The summed E-state index contributed by atoms with van der Waals surface area (Å²) in [5, 5.41) is 3.25. The zero-order chi connectivity index (χ0) is 10.4. The molecule has 1 atom stereocenters. The maximum absolute atomic E-state index is 5.45. The van der Waals surface area contributed by atoms with Crippen LogP contribution in [0.15, 0.2) is 18.3 Å². The van der Waals surface area contributed by atoms with Crippen molar-refractivity contribution < 1.29 is 4.74 Å². The summed E-state index contributed by atoms with van der Waals surface area (Å²) < 4.78 is 5.01. The van der Waals surface area contributed by atoms with Crippen molar-refractivity contribution in [2.45, 2.75) is 19.4 Å². The largest absolute Gasteiger partial charge is 0.495 e. The van der Waals surface area contributed by atoms with Crippen LogP contribution >= 0.6 is 0 Å². The number of nitrogens with one attached hydrogen (secondary N) is 1. The third kappa shape index (κ3) is 3.22. The number of hydrogen-bond acceptors (Lipinski definition) is 4. The second-order valence-corrected chi connectivity index (χ2v) is 3.21. The first-order chi connectivity index (χ1) is 6.76. The van der Waals surface area contributed by atoms with Gasteiger partial charge >= 0.3 is 0 Å². The standard InChI is InChI=1S/C10H17N3O/c1-8(5-6-11)13-10-4-3-9(14-2)7-12-10/h3-4,7-8H,5-6,11H2,1-2H3,(H,12,13). The molecule has 4 nitrogen and oxygen atoms in total. The molecule has 0 saturated heterocycles. The van der Waals surface area contributed by atoms with E-state index < -0.39 is 0 Å². The van der Waals surface area contributed by atoms with E-state index in [0.29, 0.717) is 12.6 Å². The average Bonchev–Trinajstić information content (AvgIpc) is 2.19. The highest BCUT2D eigenvalue weighted by Crippen LogP contribution is 2.12. The molecule has 78 valence electrons. The molecule has 0 aliphatic heterocycles. The molecule has 1 unspecified atom stereocenters. The van der Waals surface area contributed by atoms with Gasteiger partial charge in [0.15, 0.2) is 0 Å². The summed E-state index contributed by atoms with van der Waals surface area (Å²) in [6.07, 6.45) is 2.63. The minimum absolute atomic E-state index is 0.348. The zero-order valence-electron chi connectivity index (χ0n) is 8.66. The van der Waals surface area contributed by atoms with Crippen LogP contribution in [0.2, 0.25) is 0 Å². The SMILES string of the molecule is COc1ccc(NC(C)CCN)nc1. The Bertz CT molecular complexity index is 261. The van der Waals surface area contributed by atoms with Gasteiger partial charge in [-0.05, 0) is 32.0 Å². The highest BCUT2D eigenvalue weighted by molar-refractivity contribution is 5.38. The van der Waals surface area contributed by atoms with Gasteiger partial charge in [0.1, 0.15) is 11.6 Å². The molecule has 1 aromatic rings.